The number of nitrogens with zero attached hydrogens (tertiary/aromatic N) is 3. The molecular weight excluding hydrogens is 248 g/mol. The third kappa shape index (κ3) is 3.04. The van der Waals surface area contributed by atoms with E-state index in [-0.39, 0.29) is 17.7 Å². The highest BCUT2D eigenvalue weighted by molar-refractivity contribution is 6.03. The number of hydrogen-bond acceptors (Lipinski definition) is 4. The SMILES string of the molecule is CC1CC(=O)N(CCN2CCN(C(N)=O)CC2)C1=O. The highest BCUT2D eigenvalue weighted by atomic mass is 16.2. The van der Waals surface area contributed by atoms with Gasteiger partial charge in [-0.1, -0.05) is 6.92 Å². The number of carbonyl (C=O) groups excluding carboxylic acids is 3. The van der Waals surface area contributed by atoms with Gasteiger partial charge in [0.15, 0.2) is 0 Å². The molecule has 2 fully saturated rings. The highest BCUT2D eigenvalue weighted by Crippen LogP contribution is 2.18. The zero-order chi connectivity index (χ0) is 14.0. The van der Waals surface area contributed by atoms with Gasteiger partial charge in [0.25, 0.3) is 0 Å². The van der Waals surface area contributed by atoms with Crippen LogP contribution in [-0.4, -0.2) is 71.8 Å². The van der Waals surface area contributed by atoms with Crippen molar-refractivity contribution in [2.75, 3.05) is 39.3 Å². The number of carbonyl (C=O) groups is 3. The van der Waals surface area contributed by atoms with E-state index in [0.29, 0.717) is 32.6 Å². The maximum atomic E-state index is 11.7. The van der Waals surface area contributed by atoms with E-state index in [0.717, 1.165) is 13.1 Å². The van der Waals surface area contributed by atoms with E-state index >= 15 is 0 Å². The van der Waals surface area contributed by atoms with Crippen molar-refractivity contribution in [3.8, 4) is 0 Å². The van der Waals surface area contributed by atoms with Crippen molar-refractivity contribution in [2.45, 2.75) is 13.3 Å². The van der Waals surface area contributed by atoms with Crippen molar-refractivity contribution in [3.05, 3.63) is 0 Å². The van der Waals surface area contributed by atoms with Crippen LogP contribution in [0.2, 0.25) is 0 Å². The van der Waals surface area contributed by atoms with Crippen LogP contribution in [0.4, 0.5) is 4.79 Å². The average Bonchev–Trinajstić information content (AvgIpc) is 2.62. The number of hydrogen-bond donors (Lipinski definition) is 1. The van der Waals surface area contributed by atoms with Gasteiger partial charge in [0.2, 0.25) is 11.8 Å². The summed E-state index contributed by atoms with van der Waals surface area (Å²) < 4.78 is 0. The molecule has 2 saturated heterocycles. The molecule has 2 heterocycles. The minimum atomic E-state index is -0.390. The molecule has 1 atom stereocenters. The second-order valence-corrected chi connectivity index (χ2v) is 5.16. The molecule has 7 heteroatoms. The highest BCUT2D eigenvalue weighted by Gasteiger charge is 2.35. The Morgan fingerprint density at radius 3 is 2.32 bits per heavy atom. The van der Waals surface area contributed by atoms with Crippen LogP contribution in [0.15, 0.2) is 0 Å². The molecule has 4 amide bonds. The summed E-state index contributed by atoms with van der Waals surface area (Å²) in [6.07, 6.45) is 0.328. The van der Waals surface area contributed by atoms with Crippen molar-refractivity contribution in [1.82, 2.24) is 14.7 Å². The molecule has 0 aromatic heterocycles. The standard InChI is InChI=1S/C12H20N4O3/c1-9-8-10(17)16(11(9)18)7-4-14-2-5-15(6-3-14)12(13)19/h9H,2-8H2,1H3,(H2,13,19). The lowest BCUT2D eigenvalue weighted by Crippen LogP contribution is -2.52. The van der Waals surface area contributed by atoms with Crippen LogP contribution in [0.25, 0.3) is 0 Å². The molecule has 0 spiro atoms. The lowest BCUT2D eigenvalue weighted by molar-refractivity contribution is -0.139. The topological polar surface area (TPSA) is 86.9 Å². The first-order valence-corrected chi connectivity index (χ1v) is 6.60. The number of piperazine rings is 1. The van der Waals surface area contributed by atoms with Crippen LogP contribution in [0, 0.1) is 5.92 Å². The van der Waals surface area contributed by atoms with E-state index in [1.807, 2.05) is 0 Å². The maximum Gasteiger partial charge on any atom is 0.314 e. The van der Waals surface area contributed by atoms with Gasteiger partial charge >= 0.3 is 6.03 Å². The number of primary amides is 1. The fourth-order valence-electron chi connectivity index (χ4n) is 2.52. The molecule has 1 unspecified atom stereocenters. The summed E-state index contributed by atoms with van der Waals surface area (Å²) in [5, 5.41) is 0. The van der Waals surface area contributed by atoms with Gasteiger partial charge in [0, 0.05) is 51.6 Å². The third-order valence-electron chi connectivity index (χ3n) is 3.79. The molecule has 7 nitrogen and oxygen atoms in total. The van der Waals surface area contributed by atoms with Gasteiger partial charge in [-0.15, -0.1) is 0 Å². The Hall–Kier alpha value is -1.63. The molecule has 0 saturated carbocycles. The predicted octanol–water partition coefficient (Wildman–Crippen LogP) is -0.922. The van der Waals surface area contributed by atoms with Gasteiger partial charge < -0.3 is 10.6 Å². The molecule has 0 aliphatic carbocycles. The summed E-state index contributed by atoms with van der Waals surface area (Å²) in [7, 11) is 0. The van der Waals surface area contributed by atoms with E-state index in [4.69, 9.17) is 5.73 Å². The molecule has 0 aromatic rings. The number of likely N-dealkylation sites (tertiary alicyclic amines) is 1. The first-order valence-electron chi connectivity index (χ1n) is 6.60. The van der Waals surface area contributed by atoms with Gasteiger partial charge in [-0.25, -0.2) is 4.79 Å². The number of rotatable bonds is 3. The molecule has 0 bridgehead atoms. The van der Waals surface area contributed by atoms with Gasteiger partial charge in [-0.3, -0.25) is 19.4 Å². The van der Waals surface area contributed by atoms with Crippen molar-refractivity contribution < 1.29 is 14.4 Å². The van der Waals surface area contributed by atoms with Crippen LogP contribution in [0.1, 0.15) is 13.3 Å². The minimum absolute atomic E-state index is 0.0687. The molecule has 2 rings (SSSR count). The lowest BCUT2D eigenvalue weighted by Gasteiger charge is -2.34. The second-order valence-electron chi connectivity index (χ2n) is 5.16. The molecule has 19 heavy (non-hydrogen) atoms. The van der Waals surface area contributed by atoms with Crippen molar-refractivity contribution in [3.63, 3.8) is 0 Å². The Bertz CT molecular complexity index is 390. The molecule has 2 aliphatic heterocycles. The van der Waals surface area contributed by atoms with Gasteiger partial charge in [-0.2, -0.15) is 0 Å². The summed E-state index contributed by atoms with van der Waals surface area (Å²) in [5.41, 5.74) is 5.21. The van der Waals surface area contributed by atoms with Crippen LogP contribution in [-0.2, 0) is 9.59 Å². The average molecular weight is 268 g/mol. The molecule has 106 valence electrons. The Labute approximate surface area is 112 Å². The Morgan fingerprint density at radius 2 is 1.84 bits per heavy atom. The number of amides is 4. The quantitative estimate of drug-likeness (QED) is 0.670. The molecular formula is C12H20N4O3. The molecule has 0 radical (unpaired) electrons. The van der Waals surface area contributed by atoms with Crippen molar-refractivity contribution in [2.24, 2.45) is 11.7 Å². The first kappa shape index (κ1) is 13.8. The largest absolute Gasteiger partial charge is 0.351 e. The smallest absolute Gasteiger partial charge is 0.314 e. The van der Waals surface area contributed by atoms with Crippen LogP contribution in [0.3, 0.4) is 0 Å². The first-order chi connectivity index (χ1) is 8.99. The van der Waals surface area contributed by atoms with E-state index in [1.54, 1.807) is 11.8 Å². The third-order valence-corrected chi connectivity index (χ3v) is 3.79. The number of urea groups is 1. The maximum absolute atomic E-state index is 11.7. The normalized spacial score (nSPS) is 25.2. The molecule has 0 aromatic carbocycles. The molecule has 2 aliphatic rings. The predicted molar refractivity (Wildman–Crippen MR) is 68.1 cm³/mol. The van der Waals surface area contributed by atoms with Gasteiger partial charge in [0.05, 0.1) is 0 Å². The second kappa shape index (κ2) is 5.56. The monoisotopic (exact) mass is 268 g/mol. The van der Waals surface area contributed by atoms with E-state index < -0.39 is 6.03 Å². The lowest BCUT2D eigenvalue weighted by atomic mass is 10.1. The van der Waals surface area contributed by atoms with Crippen LogP contribution < -0.4 is 5.73 Å². The number of imide groups is 1. The summed E-state index contributed by atoms with van der Waals surface area (Å²) in [4.78, 5) is 39.5. The Morgan fingerprint density at radius 1 is 1.21 bits per heavy atom. The Balaban J connectivity index is 1.77. The zero-order valence-electron chi connectivity index (χ0n) is 11.2. The van der Waals surface area contributed by atoms with Crippen LogP contribution >= 0.6 is 0 Å². The van der Waals surface area contributed by atoms with E-state index in [1.165, 1.54) is 4.90 Å². The summed E-state index contributed by atoms with van der Waals surface area (Å²) in [5.74, 6) is -0.326. The van der Waals surface area contributed by atoms with Gasteiger partial charge in [-0.05, 0) is 0 Å². The number of nitrogens with two attached hydrogens (primary N) is 1. The van der Waals surface area contributed by atoms with E-state index in [2.05, 4.69) is 4.90 Å². The van der Waals surface area contributed by atoms with Crippen molar-refractivity contribution in [1.29, 1.82) is 0 Å². The van der Waals surface area contributed by atoms with E-state index in [9.17, 15) is 14.4 Å². The summed E-state index contributed by atoms with van der Waals surface area (Å²) >= 11 is 0. The summed E-state index contributed by atoms with van der Waals surface area (Å²) in [6.45, 7) is 5.56. The fraction of sp³-hybridized carbons (Fsp3) is 0.750. The minimum Gasteiger partial charge on any atom is -0.351 e. The molecule has 2 N–H and O–H groups in total. The fourth-order valence-corrected chi connectivity index (χ4v) is 2.52. The van der Waals surface area contributed by atoms with Crippen LogP contribution in [0.5, 0.6) is 0 Å². The Kier molecular flexibility index (Phi) is 4.04. The zero-order valence-corrected chi connectivity index (χ0v) is 11.2. The summed E-state index contributed by atoms with van der Waals surface area (Å²) in [6, 6.07) is -0.390. The van der Waals surface area contributed by atoms with Crippen molar-refractivity contribution >= 4 is 17.8 Å². The van der Waals surface area contributed by atoms with Gasteiger partial charge in [0.1, 0.15) is 0 Å².